The molecule has 1 amide bonds. The number of benzene rings is 1. The Balaban J connectivity index is 0.00000544. The van der Waals surface area contributed by atoms with Crippen molar-refractivity contribution < 1.29 is 19.0 Å². The van der Waals surface area contributed by atoms with Crippen LogP contribution in [0.25, 0.3) is 0 Å². The molecule has 1 saturated heterocycles. The molecule has 0 aliphatic carbocycles. The highest BCUT2D eigenvalue weighted by atomic mass is 127. The Hall–Kier alpha value is -1.59. The molecule has 1 aliphatic rings. The lowest BCUT2D eigenvalue weighted by molar-refractivity contribution is 0.00986. The lowest BCUT2D eigenvalue weighted by Crippen LogP contribution is -2.49. The molecule has 1 unspecified atom stereocenters. The van der Waals surface area contributed by atoms with Crippen LogP contribution in [0.3, 0.4) is 0 Å². The zero-order chi connectivity index (χ0) is 23.4. The van der Waals surface area contributed by atoms with Gasteiger partial charge in [0.25, 0.3) is 0 Å². The van der Waals surface area contributed by atoms with Gasteiger partial charge in [-0.05, 0) is 45.6 Å². The van der Waals surface area contributed by atoms with Crippen LogP contribution in [0.15, 0.2) is 35.3 Å². The van der Waals surface area contributed by atoms with E-state index in [-0.39, 0.29) is 36.1 Å². The summed E-state index contributed by atoms with van der Waals surface area (Å²) in [4.78, 5) is 19.1. The van der Waals surface area contributed by atoms with Crippen LogP contribution in [0.2, 0.25) is 0 Å². The zero-order valence-electron chi connectivity index (χ0n) is 20.6. The van der Waals surface area contributed by atoms with Gasteiger partial charge in [0.2, 0.25) is 0 Å². The lowest BCUT2D eigenvalue weighted by Gasteiger charge is -2.34. The number of nitrogens with zero attached hydrogens (tertiary/aromatic N) is 2. The fourth-order valence-electron chi connectivity index (χ4n) is 3.60. The van der Waals surface area contributed by atoms with Crippen molar-refractivity contribution in [3.05, 3.63) is 35.9 Å². The van der Waals surface area contributed by atoms with Crippen LogP contribution < -0.4 is 10.6 Å². The Morgan fingerprint density at radius 1 is 1.18 bits per heavy atom. The predicted octanol–water partition coefficient (Wildman–Crippen LogP) is 3.96. The summed E-state index contributed by atoms with van der Waals surface area (Å²) in [5.74, 6) is 0.828. The molecule has 0 radical (unpaired) electrons. The number of piperidine rings is 1. The minimum absolute atomic E-state index is 0. The Kier molecular flexibility index (Phi) is 13.7. The molecule has 1 aromatic rings. The average molecular weight is 577 g/mol. The summed E-state index contributed by atoms with van der Waals surface area (Å²) in [5.41, 5.74) is 0.453. The molecule has 9 heteroatoms. The second-order valence-electron chi connectivity index (χ2n) is 8.94. The fraction of sp³-hybridized carbons (Fsp3) is 0.667. The number of carbonyl (C=O) groups is 1. The molecular weight excluding hydrogens is 535 g/mol. The Labute approximate surface area is 215 Å². The van der Waals surface area contributed by atoms with Gasteiger partial charge >= 0.3 is 6.09 Å². The summed E-state index contributed by atoms with van der Waals surface area (Å²) in [6.45, 7) is 9.30. The Morgan fingerprint density at radius 2 is 1.85 bits per heavy atom. The quantitative estimate of drug-likeness (QED) is 0.201. The zero-order valence-corrected chi connectivity index (χ0v) is 23.0. The van der Waals surface area contributed by atoms with E-state index in [0.717, 1.165) is 57.1 Å². The smallest absolute Gasteiger partial charge is 0.408 e. The molecule has 33 heavy (non-hydrogen) atoms. The average Bonchev–Trinajstić information content (AvgIpc) is 2.76. The normalized spacial score (nSPS) is 16.0. The van der Waals surface area contributed by atoms with Gasteiger partial charge in [0.1, 0.15) is 5.60 Å². The van der Waals surface area contributed by atoms with Crippen molar-refractivity contribution in [3.8, 4) is 0 Å². The van der Waals surface area contributed by atoms with E-state index in [4.69, 9.17) is 14.2 Å². The van der Waals surface area contributed by atoms with Crippen molar-refractivity contribution in [2.45, 2.75) is 57.8 Å². The number of hydrogen-bond donors (Lipinski definition) is 2. The molecule has 1 aromatic carbocycles. The van der Waals surface area contributed by atoms with Gasteiger partial charge in [-0.25, -0.2) is 4.79 Å². The number of nitrogens with one attached hydrogen (secondary N) is 2. The number of ether oxygens (including phenoxy) is 3. The minimum atomic E-state index is -0.551. The third-order valence-electron chi connectivity index (χ3n) is 5.16. The lowest BCUT2D eigenvalue weighted by atomic mass is 10.1. The summed E-state index contributed by atoms with van der Waals surface area (Å²) in [7, 11) is 3.50. The summed E-state index contributed by atoms with van der Waals surface area (Å²) in [6, 6.07) is 9.64. The predicted molar refractivity (Wildman–Crippen MR) is 142 cm³/mol. The van der Waals surface area contributed by atoms with Crippen molar-refractivity contribution in [2.24, 2.45) is 4.99 Å². The highest BCUT2D eigenvalue weighted by Gasteiger charge is 2.24. The molecule has 8 nitrogen and oxygen atoms in total. The Bertz CT molecular complexity index is 704. The van der Waals surface area contributed by atoms with E-state index in [2.05, 4.69) is 20.5 Å². The molecule has 1 atom stereocenters. The first-order valence-electron chi connectivity index (χ1n) is 11.4. The number of alkyl carbamates (subject to hydrolysis) is 1. The number of likely N-dealkylation sites (tertiary alicyclic amines) is 1. The van der Waals surface area contributed by atoms with Crippen LogP contribution in [0.4, 0.5) is 4.79 Å². The van der Waals surface area contributed by atoms with E-state index in [1.54, 1.807) is 14.2 Å². The van der Waals surface area contributed by atoms with Gasteiger partial charge < -0.3 is 29.7 Å². The van der Waals surface area contributed by atoms with Crippen molar-refractivity contribution in [3.63, 3.8) is 0 Å². The number of guanidine groups is 1. The number of rotatable bonds is 9. The molecule has 0 saturated carbocycles. The molecule has 1 fully saturated rings. The van der Waals surface area contributed by atoms with Crippen LogP contribution >= 0.6 is 24.0 Å². The maximum absolute atomic E-state index is 12.4. The molecular formula is C24H41IN4O4. The number of halogens is 1. The number of aliphatic imine (C=N–C) groups is 1. The maximum atomic E-state index is 12.4. The van der Waals surface area contributed by atoms with E-state index in [1.807, 2.05) is 51.1 Å². The fourth-order valence-corrected chi connectivity index (χ4v) is 3.60. The highest BCUT2D eigenvalue weighted by Crippen LogP contribution is 2.16. The van der Waals surface area contributed by atoms with Gasteiger partial charge in [-0.3, -0.25) is 4.99 Å². The van der Waals surface area contributed by atoms with Crippen LogP contribution in [0.1, 0.15) is 51.6 Å². The summed E-state index contributed by atoms with van der Waals surface area (Å²) >= 11 is 0. The third-order valence-corrected chi connectivity index (χ3v) is 5.16. The van der Waals surface area contributed by atoms with Crippen molar-refractivity contribution in [2.75, 3.05) is 47.0 Å². The van der Waals surface area contributed by atoms with E-state index in [9.17, 15) is 4.79 Å². The van der Waals surface area contributed by atoms with E-state index >= 15 is 0 Å². The summed E-state index contributed by atoms with van der Waals surface area (Å²) in [5, 5.41) is 6.41. The number of hydrogen-bond acceptors (Lipinski definition) is 5. The third kappa shape index (κ3) is 11.4. The van der Waals surface area contributed by atoms with Gasteiger partial charge in [-0.2, -0.15) is 0 Å². The van der Waals surface area contributed by atoms with Gasteiger partial charge in [0.15, 0.2) is 5.96 Å². The van der Waals surface area contributed by atoms with Crippen molar-refractivity contribution in [1.82, 2.24) is 15.5 Å². The topological polar surface area (TPSA) is 84.4 Å². The molecule has 188 valence electrons. The molecule has 0 aromatic heterocycles. The van der Waals surface area contributed by atoms with Crippen LogP contribution in [-0.4, -0.2) is 75.7 Å². The highest BCUT2D eigenvalue weighted by molar-refractivity contribution is 14.0. The molecule has 0 bridgehead atoms. The van der Waals surface area contributed by atoms with Gasteiger partial charge in [0.05, 0.1) is 12.1 Å². The SMILES string of the molecule is CN=C(NCC(NC(=O)OC(C)(C)C)c1ccccc1)N1CCC(OCCCOC)CC1.I. The number of amides is 1. The van der Waals surface area contributed by atoms with Gasteiger partial charge in [-0.1, -0.05) is 30.3 Å². The van der Waals surface area contributed by atoms with E-state index in [1.165, 1.54) is 0 Å². The van der Waals surface area contributed by atoms with Crippen molar-refractivity contribution >= 4 is 36.0 Å². The number of carbonyl (C=O) groups excluding carboxylic acids is 1. The van der Waals surface area contributed by atoms with Gasteiger partial charge in [0, 0.05) is 47.0 Å². The molecule has 2 rings (SSSR count). The Morgan fingerprint density at radius 3 is 2.42 bits per heavy atom. The first-order valence-corrected chi connectivity index (χ1v) is 11.4. The van der Waals surface area contributed by atoms with Crippen LogP contribution in [0, 0.1) is 0 Å². The second-order valence-corrected chi connectivity index (χ2v) is 8.94. The van der Waals surface area contributed by atoms with E-state index < -0.39 is 11.7 Å². The molecule has 1 aliphatic heterocycles. The molecule has 2 N–H and O–H groups in total. The first kappa shape index (κ1) is 29.4. The standard InChI is InChI=1S/C24H40N4O4.HI/c1-24(2,3)32-23(29)27-21(19-10-7-6-8-11-19)18-26-22(25-4)28-14-12-20(13-15-28)31-17-9-16-30-5;/h6-8,10-11,20-21H,9,12-18H2,1-5H3,(H,25,26)(H,27,29);1H. The maximum Gasteiger partial charge on any atom is 0.408 e. The first-order chi connectivity index (χ1) is 15.3. The second kappa shape index (κ2) is 15.3. The van der Waals surface area contributed by atoms with Gasteiger partial charge in [-0.15, -0.1) is 24.0 Å². The molecule has 0 spiro atoms. The minimum Gasteiger partial charge on any atom is -0.444 e. The van der Waals surface area contributed by atoms with Crippen LogP contribution in [-0.2, 0) is 14.2 Å². The molecule has 1 heterocycles. The van der Waals surface area contributed by atoms with Crippen molar-refractivity contribution in [1.29, 1.82) is 0 Å². The number of methoxy groups -OCH3 is 1. The summed E-state index contributed by atoms with van der Waals surface area (Å²) in [6.07, 6.45) is 2.70. The van der Waals surface area contributed by atoms with E-state index in [0.29, 0.717) is 6.54 Å². The van der Waals surface area contributed by atoms with Crippen LogP contribution in [0.5, 0.6) is 0 Å². The monoisotopic (exact) mass is 576 g/mol. The summed E-state index contributed by atoms with van der Waals surface area (Å²) < 4.78 is 16.5. The largest absolute Gasteiger partial charge is 0.444 e.